The van der Waals surface area contributed by atoms with Gasteiger partial charge in [-0.3, -0.25) is 0 Å². The van der Waals surface area contributed by atoms with Gasteiger partial charge in [-0.15, -0.1) is 11.6 Å². The molecule has 0 aliphatic heterocycles. The molecule has 0 bridgehead atoms. The van der Waals surface area contributed by atoms with Gasteiger partial charge in [0.25, 0.3) is 0 Å². The van der Waals surface area contributed by atoms with E-state index in [2.05, 4.69) is 19.1 Å². The lowest BCUT2D eigenvalue weighted by atomic mass is 10.1. The highest BCUT2D eigenvalue weighted by Gasteiger charge is 2.15. The summed E-state index contributed by atoms with van der Waals surface area (Å²) in [6.45, 7) is 3.66. The summed E-state index contributed by atoms with van der Waals surface area (Å²) in [6.07, 6.45) is 11.9. The predicted octanol–water partition coefficient (Wildman–Crippen LogP) is 7.77. The van der Waals surface area contributed by atoms with Gasteiger partial charge in [-0.1, -0.05) is 76.1 Å². The van der Waals surface area contributed by atoms with Crippen LogP contribution in [0.15, 0.2) is 30.3 Å². The summed E-state index contributed by atoms with van der Waals surface area (Å²) in [6, 6.07) is 10.2. The molecule has 0 spiro atoms. The van der Waals surface area contributed by atoms with Gasteiger partial charge >= 0.3 is 0 Å². The number of unbranched alkanes of at least 4 members (excludes halogenated alkanes) is 8. The van der Waals surface area contributed by atoms with Crippen molar-refractivity contribution in [1.29, 1.82) is 0 Å². The molecule has 0 aromatic heterocycles. The molecule has 0 radical (unpaired) electrons. The third kappa shape index (κ3) is 7.97. The minimum Gasteiger partial charge on any atom is -0.493 e. The van der Waals surface area contributed by atoms with E-state index in [1.54, 1.807) is 7.11 Å². The van der Waals surface area contributed by atoms with Crippen molar-refractivity contribution in [1.82, 2.24) is 0 Å². The maximum atomic E-state index is 6.18. The zero-order valence-corrected chi connectivity index (χ0v) is 18.9. The summed E-state index contributed by atoms with van der Waals surface area (Å²) in [7, 11) is 1.69. The van der Waals surface area contributed by atoms with Crippen molar-refractivity contribution in [3.8, 4) is 17.2 Å². The fourth-order valence-corrected chi connectivity index (χ4v) is 3.69. The molecule has 29 heavy (non-hydrogen) atoms. The molecule has 0 amide bonds. The standard InChI is InChI=1S/C25H37ClO3/c1-3-4-5-6-8-14-19-29-25-22-16-11-10-15-21(22)23(20-24(25)27-2)28-18-13-9-7-12-17-26/h10-11,15-16,20H,3-9,12-14,17-19H2,1-2H3. The van der Waals surface area contributed by atoms with Crippen LogP contribution in [-0.2, 0) is 0 Å². The monoisotopic (exact) mass is 420 g/mol. The van der Waals surface area contributed by atoms with Crippen LogP contribution < -0.4 is 14.2 Å². The predicted molar refractivity (Wildman–Crippen MR) is 124 cm³/mol. The second kappa shape index (κ2) is 14.4. The number of halogens is 1. The first-order valence-electron chi connectivity index (χ1n) is 11.2. The van der Waals surface area contributed by atoms with Crippen LogP contribution >= 0.6 is 11.6 Å². The van der Waals surface area contributed by atoms with Crippen LogP contribution in [0.25, 0.3) is 10.8 Å². The molecule has 4 heteroatoms. The number of fused-ring (bicyclic) bond motifs is 1. The Kier molecular flexibility index (Phi) is 11.7. The highest BCUT2D eigenvalue weighted by Crippen LogP contribution is 2.41. The molecular weight excluding hydrogens is 384 g/mol. The van der Waals surface area contributed by atoms with Gasteiger partial charge in [0.2, 0.25) is 0 Å². The highest BCUT2D eigenvalue weighted by molar-refractivity contribution is 6.17. The Morgan fingerprint density at radius 3 is 2.03 bits per heavy atom. The van der Waals surface area contributed by atoms with Crippen LogP contribution in [0.2, 0.25) is 0 Å². The van der Waals surface area contributed by atoms with Gasteiger partial charge in [0, 0.05) is 22.7 Å². The molecule has 0 aliphatic rings. The summed E-state index contributed by atoms with van der Waals surface area (Å²) in [4.78, 5) is 0. The van der Waals surface area contributed by atoms with Crippen molar-refractivity contribution >= 4 is 22.4 Å². The third-order valence-corrected chi connectivity index (χ3v) is 5.44. The Labute approximate surface area is 181 Å². The molecule has 0 fully saturated rings. The number of rotatable bonds is 16. The van der Waals surface area contributed by atoms with Crippen LogP contribution in [0, 0.1) is 0 Å². The van der Waals surface area contributed by atoms with E-state index in [1.807, 2.05) is 18.2 Å². The smallest absolute Gasteiger partial charge is 0.169 e. The SMILES string of the molecule is CCCCCCCCOc1c(OC)cc(OCCCCCCCl)c2ccccc12. The summed E-state index contributed by atoms with van der Waals surface area (Å²) in [5, 5.41) is 2.13. The zero-order chi connectivity index (χ0) is 20.7. The highest BCUT2D eigenvalue weighted by atomic mass is 35.5. The van der Waals surface area contributed by atoms with Crippen LogP contribution in [0.1, 0.15) is 71.1 Å². The lowest BCUT2D eigenvalue weighted by Crippen LogP contribution is -2.03. The van der Waals surface area contributed by atoms with Gasteiger partial charge in [-0.2, -0.15) is 0 Å². The van der Waals surface area contributed by atoms with E-state index in [4.69, 9.17) is 25.8 Å². The molecule has 0 N–H and O–H groups in total. The molecule has 0 aliphatic carbocycles. The van der Waals surface area contributed by atoms with E-state index >= 15 is 0 Å². The Balaban J connectivity index is 2.00. The average molecular weight is 421 g/mol. The molecule has 3 nitrogen and oxygen atoms in total. The molecular formula is C25H37ClO3. The number of hydrogen-bond acceptors (Lipinski definition) is 3. The van der Waals surface area contributed by atoms with E-state index in [9.17, 15) is 0 Å². The number of ether oxygens (including phenoxy) is 3. The minimum absolute atomic E-state index is 0.702. The van der Waals surface area contributed by atoms with E-state index in [0.717, 1.165) is 66.0 Å². The first kappa shape index (κ1) is 23.7. The maximum absolute atomic E-state index is 6.18. The molecule has 2 rings (SSSR count). The van der Waals surface area contributed by atoms with Gasteiger partial charge in [-0.05, 0) is 19.3 Å². The van der Waals surface area contributed by atoms with Gasteiger partial charge in [0.05, 0.1) is 20.3 Å². The van der Waals surface area contributed by atoms with Crippen molar-refractivity contribution in [2.24, 2.45) is 0 Å². The lowest BCUT2D eigenvalue weighted by Gasteiger charge is -2.17. The van der Waals surface area contributed by atoms with Crippen molar-refractivity contribution < 1.29 is 14.2 Å². The van der Waals surface area contributed by atoms with Crippen LogP contribution in [0.5, 0.6) is 17.2 Å². The number of methoxy groups -OCH3 is 1. The average Bonchev–Trinajstić information content (AvgIpc) is 2.76. The van der Waals surface area contributed by atoms with E-state index in [1.165, 1.54) is 32.1 Å². The number of hydrogen-bond donors (Lipinski definition) is 0. The summed E-state index contributed by atoms with van der Waals surface area (Å²) in [5.74, 6) is 3.17. The molecule has 0 saturated heterocycles. The fourth-order valence-electron chi connectivity index (χ4n) is 3.50. The number of alkyl halides is 1. The molecule has 2 aromatic rings. The zero-order valence-electron chi connectivity index (χ0n) is 18.2. The first-order chi connectivity index (χ1) is 14.3. The van der Waals surface area contributed by atoms with Crippen molar-refractivity contribution in [2.75, 3.05) is 26.2 Å². The largest absolute Gasteiger partial charge is 0.493 e. The Hall–Kier alpha value is -1.61. The molecule has 162 valence electrons. The van der Waals surface area contributed by atoms with Crippen LogP contribution in [-0.4, -0.2) is 26.2 Å². The Morgan fingerprint density at radius 1 is 0.724 bits per heavy atom. The molecule has 0 saturated carbocycles. The van der Waals surface area contributed by atoms with Gasteiger partial charge in [0.1, 0.15) is 5.75 Å². The lowest BCUT2D eigenvalue weighted by molar-refractivity contribution is 0.283. The van der Waals surface area contributed by atoms with Gasteiger partial charge in [0.15, 0.2) is 11.5 Å². The Bertz CT molecular complexity index is 702. The maximum Gasteiger partial charge on any atom is 0.169 e. The number of benzene rings is 2. The molecule has 2 aromatic carbocycles. The quantitative estimate of drug-likeness (QED) is 0.205. The van der Waals surface area contributed by atoms with Crippen molar-refractivity contribution in [3.05, 3.63) is 30.3 Å². The second-order valence-corrected chi connectivity index (χ2v) is 7.90. The van der Waals surface area contributed by atoms with Crippen molar-refractivity contribution in [2.45, 2.75) is 71.1 Å². The molecule has 0 unspecified atom stereocenters. The second-order valence-electron chi connectivity index (χ2n) is 7.52. The Morgan fingerprint density at radius 2 is 1.34 bits per heavy atom. The van der Waals surface area contributed by atoms with E-state index in [0.29, 0.717) is 13.2 Å². The minimum atomic E-state index is 0.702. The fraction of sp³-hybridized carbons (Fsp3) is 0.600. The first-order valence-corrected chi connectivity index (χ1v) is 11.8. The van der Waals surface area contributed by atoms with E-state index in [-0.39, 0.29) is 0 Å². The molecule has 0 heterocycles. The van der Waals surface area contributed by atoms with Crippen molar-refractivity contribution in [3.63, 3.8) is 0 Å². The van der Waals surface area contributed by atoms with Crippen LogP contribution in [0.3, 0.4) is 0 Å². The van der Waals surface area contributed by atoms with Crippen LogP contribution in [0.4, 0.5) is 0 Å². The summed E-state index contributed by atoms with van der Waals surface area (Å²) < 4.78 is 17.9. The third-order valence-electron chi connectivity index (χ3n) is 5.17. The topological polar surface area (TPSA) is 27.7 Å². The summed E-state index contributed by atoms with van der Waals surface area (Å²) in [5.41, 5.74) is 0. The summed E-state index contributed by atoms with van der Waals surface area (Å²) >= 11 is 5.74. The molecule has 0 atom stereocenters. The normalized spacial score (nSPS) is 11.0. The van der Waals surface area contributed by atoms with Gasteiger partial charge in [-0.25, -0.2) is 0 Å². The van der Waals surface area contributed by atoms with E-state index < -0.39 is 0 Å². The van der Waals surface area contributed by atoms with Gasteiger partial charge < -0.3 is 14.2 Å².